The number of aromatic hydroxyl groups is 2. The van der Waals surface area contributed by atoms with Gasteiger partial charge in [-0.1, -0.05) is 133 Å². The fourth-order valence-corrected chi connectivity index (χ4v) is 11.3. The van der Waals surface area contributed by atoms with Crippen LogP contribution in [-0.2, 0) is 9.13 Å². The van der Waals surface area contributed by atoms with Crippen LogP contribution in [0, 0.1) is 0 Å². The quantitative estimate of drug-likeness (QED) is 0.201. The Kier molecular flexibility index (Phi) is 9.32. The molecule has 0 unspecified atom stereocenters. The van der Waals surface area contributed by atoms with E-state index in [-0.39, 0.29) is 22.6 Å². The minimum absolute atomic E-state index is 0.171. The number of phenolic OH excluding ortho intramolecular Hbond substituents is 2. The van der Waals surface area contributed by atoms with Crippen molar-refractivity contribution >= 4 is 46.1 Å². The highest BCUT2D eigenvalue weighted by atomic mass is 31.2. The van der Waals surface area contributed by atoms with Crippen molar-refractivity contribution in [2.45, 2.75) is 0 Å². The van der Waals surface area contributed by atoms with E-state index in [0.717, 1.165) is 7.11 Å². The van der Waals surface area contributed by atoms with Gasteiger partial charge in [-0.05, 0) is 24.3 Å². The van der Waals surface area contributed by atoms with Crippen LogP contribution >= 0.6 is 14.3 Å². The molecule has 0 aliphatic rings. The van der Waals surface area contributed by atoms with Gasteiger partial charge in [-0.15, -0.1) is 0 Å². The van der Waals surface area contributed by atoms with Crippen molar-refractivity contribution in [3.63, 3.8) is 0 Å². The van der Waals surface area contributed by atoms with Crippen LogP contribution < -0.4 is 31.8 Å². The van der Waals surface area contributed by atoms with Crippen LogP contribution in [0.4, 0.5) is 0 Å². The topological polar surface area (TPSA) is 94.8 Å². The highest BCUT2D eigenvalue weighted by Gasteiger charge is 2.38. The van der Waals surface area contributed by atoms with Gasteiger partial charge in [-0.3, -0.25) is 0 Å². The lowest BCUT2D eigenvalue weighted by Crippen LogP contribution is -2.29. The van der Waals surface area contributed by atoms with E-state index in [0.29, 0.717) is 31.8 Å². The summed E-state index contributed by atoms with van der Waals surface area (Å²) < 4.78 is 31.0. The zero-order valence-corrected chi connectivity index (χ0v) is 25.9. The maximum atomic E-state index is 15.5. The summed E-state index contributed by atoms with van der Waals surface area (Å²) in [7, 11) is -6.21. The van der Waals surface area contributed by atoms with Gasteiger partial charge in [0.25, 0.3) is 0 Å². The maximum absolute atomic E-state index is 15.5. The Morgan fingerprint density at radius 2 is 0.614 bits per heavy atom. The second-order valence-electron chi connectivity index (χ2n) is 9.90. The zero-order chi connectivity index (χ0) is 31.2. The van der Waals surface area contributed by atoms with E-state index in [1.807, 2.05) is 121 Å². The highest BCUT2D eigenvalue weighted by molar-refractivity contribution is 7.86. The molecule has 0 saturated carbocycles. The molecule has 6 rings (SSSR count). The minimum atomic E-state index is -3.60. The van der Waals surface area contributed by atoms with Crippen molar-refractivity contribution in [1.82, 2.24) is 0 Å². The smallest absolute Gasteiger partial charge is 0.171 e. The molecule has 0 spiro atoms. The first-order chi connectivity index (χ1) is 21.5. The van der Waals surface area contributed by atoms with Crippen LogP contribution in [0.3, 0.4) is 0 Å². The van der Waals surface area contributed by atoms with Crippen LogP contribution in [0.15, 0.2) is 158 Å². The largest absolute Gasteiger partial charge is 0.507 e. The Morgan fingerprint density at radius 3 is 0.864 bits per heavy atom. The summed E-state index contributed by atoms with van der Waals surface area (Å²) in [4.78, 5) is 0. The molecule has 0 radical (unpaired) electrons. The molecule has 0 aromatic heterocycles. The number of aliphatic hydroxyl groups excluding tert-OH is 1. The lowest BCUT2D eigenvalue weighted by Gasteiger charge is -2.27. The molecule has 0 atom stereocenters. The van der Waals surface area contributed by atoms with Crippen LogP contribution in [0.5, 0.6) is 11.5 Å². The molecule has 0 heterocycles. The van der Waals surface area contributed by atoms with Crippen molar-refractivity contribution in [2.24, 2.45) is 0 Å². The highest BCUT2D eigenvalue weighted by Crippen LogP contribution is 2.52. The van der Waals surface area contributed by atoms with Gasteiger partial charge in [0.2, 0.25) is 0 Å². The van der Waals surface area contributed by atoms with Crippen molar-refractivity contribution in [1.29, 1.82) is 0 Å². The molecule has 0 aliphatic carbocycles. The molecule has 0 aliphatic heterocycles. The number of hydrogen-bond donors (Lipinski definition) is 3. The summed E-state index contributed by atoms with van der Waals surface area (Å²) in [6.07, 6.45) is 0. The van der Waals surface area contributed by atoms with E-state index < -0.39 is 14.3 Å². The molecule has 3 N–H and O–H groups in total. The molecular formula is C37H32O5P2. The lowest BCUT2D eigenvalue weighted by molar-refractivity contribution is 0.399. The minimum Gasteiger partial charge on any atom is -0.507 e. The molecule has 6 aromatic rings. The van der Waals surface area contributed by atoms with Crippen molar-refractivity contribution in [3.8, 4) is 22.6 Å². The SMILES string of the molecule is CO.O=P(c1ccccc1)(c1ccccc1)c1cccc(O)c1-c1c(O)cccc1P(=O)(c1ccccc1)c1ccccc1. The van der Waals surface area contributed by atoms with Crippen molar-refractivity contribution in [2.75, 3.05) is 7.11 Å². The molecule has 0 fully saturated rings. The summed E-state index contributed by atoms with van der Waals surface area (Å²) in [6, 6.07) is 46.4. The Labute approximate surface area is 257 Å². The van der Waals surface area contributed by atoms with E-state index >= 15 is 9.13 Å². The average Bonchev–Trinajstić information content (AvgIpc) is 3.10. The van der Waals surface area contributed by atoms with Gasteiger partial charge in [0.05, 0.1) is 0 Å². The lowest BCUT2D eigenvalue weighted by atomic mass is 10.0. The van der Waals surface area contributed by atoms with Gasteiger partial charge >= 0.3 is 0 Å². The summed E-state index contributed by atoms with van der Waals surface area (Å²) >= 11 is 0. The molecule has 0 amide bonds. The van der Waals surface area contributed by atoms with Crippen LogP contribution in [-0.4, -0.2) is 22.4 Å². The molecular weight excluding hydrogens is 586 g/mol. The van der Waals surface area contributed by atoms with E-state index in [1.54, 1.807) is 24.3 Å². The number of aliphatic hydroxyl groups is 1. The second-order valence-corrected chi connectivity index (χ2v) is 15.4. The standard InChI is InChI=1S/C36H28O4P2.CH4O/c37-31-23-13-25-33(41(39,27-15-5-1-6-16-27)28-17-7-2-8-18-28)35(31)36-32(38)24-14-26-34(36)42(40,29-19-9-3-10-20-29)30-21-11-4-12-22-30;1-2/h1-26,37-38H;2H,1H3. The summed E-state index contributed by atoms with van der Waals surface area (Å²) in [6.45, 7) is 0. The molecule has 0 bridgehead atoms. The first kappa shape index (κ1) is 30.8. The summed E-state index contributed by atoms with van der Waals surface area (Å²) in [5, 5.41) is 33.1. The van der Waals surface area contributed by atoms with E-state index in [9.17, 15) is 10.2 Å². The average molecular weight is 619 g/mol. The Morgan fingerprint density at radius 1 is 0.364 bits per heavy atom. The summed E-state index contributed by atoms with van der Waals surface area (Å²) in [5.74, 6) is -0.343. The Hall–Kier alpha value is -4.66. The van der Waals surface area contributed by atoms with E-state index in [4.69, 9.17) is 5.11 Å². The fraction of sp³-hybridized carbons (Fsp3) is 0.0270. The predicted molar refractivity (Wildman–Crippen MR) is 182 cm³/mol. The third-order valence-electron chi connectivity index (χ3n) is 7.45. The third-order valence-corrected chi connectivity index (χ3v) is 13.7. The zero-order valence-electron chi connectivity index (χ0n) is 24.1. The Bertz CT molecular complexity index is 1710. The van der Waals surface area contributed by atoms with Gasteiger partial charge in [0, 0.05) is 50.1 Å². The van der Waals surface area contributed by atoms with E-state index in [2.05, 4.69) is 0 Å². The molecule has 7 heteroatoms. The first-order valence-electron chi connectivity index (χ1n) is 14.0. The third kappa shape index (κ3) is 5.42. The molecule has 6 aromatic carbocycles. The molecule has 5 nitrogen and oxygen atoms in total. The molecule has 220 valence electrons. The Balaban J connectivity index is 0.00000188. The van der Waals surface area contributed by atoms with E-state index in [1.165, 1.54) is 12.1 Å². The van der Waals surface area contributed by atoms with Gasteiger partial charge in [0.1, 0.15) is 11.5 Å². The number of hydrogen-bond acceptors (Lipinski definition) is 5. The first-order valence-corrected chi connectivity index (χ1v) is 17.4. The van der Waals surface area contributed by atoms with Gasteiger partial charge in [0.15, 0.2) is 14.3 Å². The van der Waals surface area contributed by atoms with Crippen LogP contribution in [0.1, 0.15) is 0 Å². The predicted octanol–water partition coefficient (Wildman–Crippen LogP) is 5.65. The molecule has 0 saturated heterocycles. The maximum Gasteiger partial charge on any atom is 0.171 e. The molecule has 44 heavy (non-hydrogen) atoms. The van der Waals surface area contributed by atoms with Crippen LogP contribution in [0.25, 0.3) is 11.1 Å². The number of benzene rings is 6. The summed E-state index contributed by atoms with van der Waals surface area (Å²) in [5.41, 5.74) is 0.377. The van der Waals surface area contributed by atoms with Gasteiger partial charge in [-0.25, -0.2) is 0 Å². The van der Waals surface area contributed by atoms with Crippen molar-refractivity contribution < 1.29 is 24.4 Å². The number of rotatable bonds is 7. The van der Waals surface area contributed by atoms with Crippen molar-refractivity contribution in [3.05, 3.63) is 158 Å². The normalized spacial score (nSPS) is 11.3. The van der Waals surface area contributed by atoms with Gasteiger partial charge in [-0.2, -0.15) is 0 Å². The number of phenols is 2. The van der Waals surface area contributed by atoms with Crippen LogP contribution in [0.2, 0.25) is 0 Å². The monoisotopic (exact) mass is 618 g/mol. The van der Waals surface area contributed by atoms with Gasteiger partial charge < -0.3 is 24.4 Å². The fourth-order valence-electron chi connectivity index (χ4n) is 5.50. The second kappa shape index (κ2) is 13.3.